The summed E-state index contributed by atoms with van der Waals surface area (Å²) in [6.07, 6.45) is 3.19. The van der Waals surface area contributed by atoms with Crippen LogP contribution in [-0.4, -0.2) is 28.2 Å². The quantitative estimate of drug-likeness (QED) is 0.658. The molecule has 1 aliphatic heterocycles. The molecule has 5 nitrogen and oxygen atoms in total. The first-order chi connectivity index (χ1) is 14.2. The largest absolute Gasteiger partial charge is 0.420 e. The third-order valence-electron chi connectivity index (χ3n) is 6.38. The van der Waals surface area contributed by atoms with E-state index in [4.69, 9.17) is 9.68 Å². The summed E-state index contributed by atoms with van der Waals surface area (Å²) in [6, 6.07) is 16.5. The highest BCUT2D eigenvalue weighted by Crippen LogP contribution is 2.64. The molecule has 1 saturated heterocycles. The first kappa shape index (κ1) is 18.0. The first-order valence-corrected chi connectivity index (χ1v) is 9.97. The number of nitrogens with zero attached hydrogens (tertiary/aromatic N) is 4. The van der Waals surface area contributed by atoms with Crippen LogP contribution in [-0.2, 0) is 6.54 Å². The lowest BCUT2D eigenvalue weighted by Crippen LogP contribution is -2.34. The summed E-state index contributed by atoms with van der Waals surface area (Å²) in [5.74, 6) is 1.36. The number of hydrogen-bond donors (Lipinski definition) is 0. The summed E-state index contributed by atoms with van der Waals surface area (Å²) >= 11 is 0. The molecule has 2 aliphatic rings. The zero-order valence-corrected chi connectivity index (χ0v) is 16.0. The molecule has 3 aromatic rings. The van der Waals surface area contributed by atoms with Gasteiger partial charge < -0.3 is 4.42 Å². The lowest BCUT2D eigenvalue weighted by atomic mass is 9.90. The molecule has 6 heteroatoms. The Kier molecular flexibility index (Phi) is 4.40. The Bertz CT molecular complexity index is 1060. The molecule has 29 heavy (non-hydrogen) atoms. The van der Waals surface area contributed by atoms with Crippen molar-refractivity contribution in [3.8, 4) is 17.5 Å². The van der Waals surface area contributed by atoms with E-state index < -0.39 is 0 Å². The Balaban J connectivity index is 1.21. The molecule has 2 heterocycles. The number of benzene rings is 2. The molecule has 1 atom stereocenters. The monoisotopic (exact) mass is 388 g/mol. The molecule has 5 rings (SSSR count). The standard InChI is InChI=1S/C23H21FN4O/c24-20-12-16(14-25)6-7-18(20)15-28-10-8-23(9-11-28)13-19(23)22-27-26-21(29-22)17-4-2-1-3-5-17/h1-7,12,19H,8-11,13,15H2/t19-/m0/s1. The normalized spacial score (nSPS) is 20.5. The van der Waals surface area contributed by atoms with Crippen molar-refractivity contribution in [1.82, 2.24) is 15.1 Å². The highest BCUT2D eigenvalue weighted by Gasteiger charge is 2.58. The SMILES string of the molecule is N#Cc1ccc(CN2CCC3(CC2)C[C@H]3c2nnc(-c3ccccc3)o2)c(F)c1. The predicted octanol–water partition coefficient (Wildman–Crippen LogP) is 4.52. The number of halogens is 1. The van der Waals surface area contributed by atoms with Gasteiger partial charge in [0.05, 0.1) is 11.6 Å². The maximum absolute atomic E-state index is 14.2. The molecule has 2 fully saturated rings. The van der Waals surface area contributed by atoms with Crippen LogP contribution in [0, 0.1) is 22.6 Å². The lowest BCUT2D eigenvalue weighted by Gasteiger charge is -2.32. The van der Waals surface area contributed by atoms with Crippen LogP contribution in [0.4, 0.5) is 4.39 Å². The van der Waals surface area contributed by atoms with Gasteiger partial charge in [0.25, 0.3) is 0 Å². The minimum Gasteiger partial charge on any atom is -0.420 e. The van der Waals surface area contributed by atoms with Gasteiger partial charge in [0.15, 0.2) is 0 Å². The first-order valence-electron chi connectivity index (χ1n) is 9.97. The van der Waals surface area contributed by atoms with Gasteiger partial charge in [-0.25, -0.2) is 4.39 Å². The molecule has 146 valence electrons. The van der Waals surface area contributed by atoms with E-state index in [2.05, 4.69) is 15.1 Å². The fraction of sp³-hybridized carbons (Fsp3) is 0.348. The van der Waals surface area contributed by atoms with Crippen LogP contribution in [0.2, 0.25) is 0 Å². The fourth-order valence-electron chi connectivity index (χ4n) is 4.46. The van der Waals surface area contributed by atoms with E-state index in [0.29, 0.717) is 29.5 Å². The van der Waals surface area contributed by atoms with Crippen LogP contribution in [0.1, 0.15) is 42.2 Å². The van der Waals surface area contributed by atoms with Gasteiger partial charge in [-0.2, -0.15) is 5.26 Å². The molecule has 0 unspecified atom stereocenters. The van der Waals surface area contributed by atoms with E-state index in [1.165, 1.54) is 6.07 Å². The topological polar surface area (TPSA) is 66.0 Å². The van der Waals surface area contributed by atoms with Crippen LogP contribution < -0.4 is 0 Å². The van der Waals surface area contributed by atoms with Gasteiger partial charge in [0.1, 0.15) is 5.82 Å². The molecule has 0 bridgehead atoms. The highest BCUT2D eigenvalue weighted by atomic mass is 19.1. The van der Waals surface area contributed by atoms with Crippen molar-refractivity contribution in [2.75, 3.05) is 13.1 Å². The average Bonchev–Trinajstić information content (AvgIpc) is 3.22. The molecule has 1 spiro atoms. The van der Waals surface area contributed by atoms with E-state index in [9.17, 15) is 4.39 Å². The van der Waals surface area contributed by atoms with Gasteiger partial charge in [-0.1, -0.05) is 24.3 Å². The van der Waals surface area contributed by atoms with Gasteiger partial charge in [-0.15, -0.1) is 10.2 Å². The van der Waals surface area contributed by atoms with Gasteiger partial charge in [0.2, 0.25) is 11.8 Å². The minimum atomic E-state index is -0.298. The second-order valence-electron chi connectivity index (χ2n) is 8.12. The summed E-state index contributed by atoms with van der Waals surface area (Å²) in [5, 5.41) is 17.4. The summed E-state index contributed by atoms with van der Waals surface area (Å²) < 4.78 is 20.1. The summed E-state index contributed by atoms with van der Waals surface area (Å²) in [4.78, 5) is 2.29. The van der Waals surface area contributed by atoms with Crippen molar-refractivity contribution in [2.45, 2.75) is 31.7 Å². The molecular formula is C23H21FN4O. The van der Waals surface area contributed by atoms with Gasteiger partial charge >= 0.3 is 0 Å². The number of nitriles is 1. The molecule has 0 radical (unpaired) electrons. The maximum atomic E-state index is 14.2. The highest BCUT2D eigenvalue weighted by molar-refractivity contribution is 5.51. The van der Waals surface area contributed by atoms with E-state index in [-0.39, 0.29) is 11.2 Å². The molecule has 1 aromatic heterocycles. The van der Waals surface area contributed by atoms with Crippen molar-refractivity contribution < 1.29 is 8.81 Å². The van der Waals surface area contributed by atoms with Crippen molar-refractivity contribution in [3.63, 3.8) is 0 Å². The molecular weight excluding hydrogens is 367 g/mol. The number of rotatable bonds is 4. The Morgan fingerprint density at radius 1 is 1.14 bits per heavy atom. The number of piperidine rings is 1. The fourth-order valence-corrected chi connectivity index (χ4v) is 4.46. The third kappa shape index (κ3) is 3.43. The zero-order chi connectivity index (χ0) is 19.8. The van der Waals surface area contributed by atoms with Crippen molar-refractivity contribution in [1.29, 1.82) is 5.26 Å². The second kappa shape index (κ2) is 7.09. The van der Waals surface area contributed by atoms with E-state index >= 15 is 0 Å². The lowest BCUT2D eigenvalue weighted by molar-refractivity contribution is 0.158. The van der Waals surface area contributed by atoms with Crippen LogP contribution in [0.3, 0.4) is 0 Å². The molecule has 0 N–H and O–H groups in total. The zero-order valence-electron chi connectivity index (χ0n) is 16.0. The average molecular weight is 388 g/mol. The number of hydrogen-bond acceptors (Lipinski definition) is 5. The molecule has 2 aromatic carbocycles. The van der Waals surface area contributed by atoms with E-state index in [1.54, 1.807) is 12.1 Å². The second-order valence-corrected chi connectivity index (χ2v) is 8.12. The smallest absolute Gasteiger partial charge is 0.247 e. The number of likely N-dealkylation sites (tertiary alicyclic amines) is 1. The number of aromatic nitrogens is 2. The van der Waals surface area contributed by atoms with Gasteiger partial charge in [0, 0.05) is 23.6 Å². The third-order valence-corrected chi connectivity index (χ3v) is 6.38. The van der Waals surface area contributed by atoms with Crippen molar-refractivity contribution >= 4 is 0 Å². The van der Waals surface area contributed by atoms with Gasteiger partial charge in [-0.05, 0) is 62.0 Å². The molecule has 1 aliphatic carbocycles. The molecule has 1 saturated carbocycles. The Labute approximate surface area is 168 Å². The minimum absolute atomic E-state index is 0.250. The maximum Gasteiger partial charge on any atom is 0.247 e. The summed E-state index contributed by atoms with van der Waals surface area (Å²) in [5.41, 5.74) is 2.20. The van der Waals surface area contributed by atoms with Crippen LogP contribution in [0.15, 0.2) is 52.9 Å². The Morgan fingerprint density at radius 2 is 1.93 bits per heavy atom. The summed E-state index contributed by atoms with van der Waals surface area (Å²) in [7, 11) is 0. The Morgan fingerprint density at radius 3 is 2.66 bits per heavy atom. The predicted molar refractivity (Wildman–Crippen MR) is 105 cm³/mol. The van der Waals surface area contributed by atoms with Crippen LogP contribution in [0.5, 0.6) is 0 Å². The van der Waals surface area contributed by atoms with Crippen LogP contribution in [0.25, 0.3) is 11.5 Å². The van der Waals surface area contributed by atoms with Gasteiger partial charge in [-0.3, -0.25) is 4.90 Å². The summed E-state index contributed by atoms with van der Waals surface area (Å²) in [6.45, 7) is 2.43. The molecule has 0 amide bonds. The van der Waals surface area contributed by atoms with Crippen molar-refractivity contribution in [3.05, 3.63) is 71.4 Å². The van der Waals surface area contributed by atoms with E-state index in [1.807, 2.05) is 36.4 Å². The van der Waals surface area contributed by atoms with Crippen LogP contribution >= 0.6 is 0 Å². The Hall–Kier alpha value is -3.04. The van der Waals surface area contributed by atoms with E-state index in [0.717, 1.165) is 43.8 Å². The van der Waals surface area contributed by atoms with Crippen molar-refractivity contribution in [2.24, 2.45) is 5.41 Å².